The minimum Gasteiger partial charge on any atom is -0.409 e. The minimum atomic E-state index is 0.00645. The smallest absolute Gasteiger partial charge is 0.170 e. The van der Waals surface area contributed by atoms with Gasteiger partial charge in [-0.3, -0.25) is 4.79 Å². The van der Waals surface area contributed by atoms with Crippen molar-refractivity contribution < 1.29 is 10.0 Å². The fourth-order valence-electron chi connectivity index (χ4n) is 1.88. The molecule has 4 nitrogen and oxygen atoms in total. The number of benzene rings is 1. The van der Waals surface area contributed by atoms with E-state index in [2.05, 4.69) is 5.16 Å². The zero-order valence-corrected chi connectivity index (χ0v) is 11.1. The van der Waals surface area contributed by atoms with Crippen molar-refractivity contribution in [3.63, 3.8) is 0 Å². The van der Waals surface area contributed by atoms with Gasteiger partial charge in [0.15, 0.2) is 11.6 Å². The molecular weight excluding hydrogens is 228 g/mol. The summed E-state index contributed by atoms with van der Waals surface area (Å²) in [6.45, 7) is 7.31. The van der Waals surface area contributed by atoms with Crippen LogP contribution in [0.5, 0.6) is 0 Å². The molecule has 0 fully saturated rings. The largest absolute Gasteiger partial charge is 0.409 e. The Morgan fingerprint density at radius 3 is 2.44 bits per heavy atom. The Morgan fingerprint density at radius 1 is 1.33 bits per heavy atom. The summed E-state index contributed by atoms with van der Waals surface area (Å²) >= 11 is 0. The standard InChI is InChI=1S/C14H18N2O2/c1-8-7-13(14(15)16-18)11(4)10(3)12(8)6-5-9(2)17/h5-7,18H,1-4H3,(H2,15,16)/b6-5+. The summed E-state index contributed by atoms with van der Waals surface area (Å²) in [5.41, 5.74) is 10.3. The van der Waals surface area contributed by atoms with E-state index >= 15 is 0 Å². The Morgan fingerprint density at radius 2 is 1.94 bits per heavy atom. The summed E-state index contributed by atoms with van der Waals surface area (Å²) in [6, 6.07) is 1.86. The number of carbonyl (C=O) groups excluding carboxylic acids is 1. The lowest BCUT2D eigenvalue weighted by atomic mass is 9.93. The Balaban J connectivity index is 3.43. The van der Waals surface area contributed by atoms with Gasteiger partial charge in [-0.2, -0.15) is 0 Å². The number of aryl methyl sites for hydroxylation is 1. The number of oxime groups is 1. The molecule has 0 saturated carbocycles. The van der Waals surface area contributed by atoms with Crippen LogP contribution in [0.3, 0.4) is 0 Å². The maximum absolute atomic E-state index is 11.0. The van der Waals surface area contributed by atoms with Gasteiger partial charge >= 0.3 is 0 Å². The van der Waals surface area contributed by atoms with E-state index in [-0.39, 0.29) is 11.6 Å². The lowest BCUT2D eigenvalue weighted by Gasteiger charge is -2.13. The summed E-state index contributed by atoms with van der Waals surface area (Å²) in [5.74, 6) is 0.104. The zero-order chi connectivity index (χ0) is 13.9. The highest BCUT2D eigenvalue weighted by Gasteiger charge is 2.11. The van der Waals surface area contributed by atoms with E-state index in [0.717, 1.165) is 22.3 Å². The summed E-state index contributed by atoms with van der Waals surface area (Å²) in [6.07, 6.45) is 3.34. The Hall–Kier alpha value is -2.10. The zero-order valence-electron chi connectivity index (χ0n) is 11.1. The van der Waals surface area contributed by atoms with Crippen molar-refractivity contribution >= 4 is 17.7 Å². The molecule has 96 valence electrons. The summed E-state index contributed by atoms with van der Waals surface area (Å²) < 4.78 is 0. The quantitative estimate of drug-likeness (QED) is 0.282. The van der Waals surface area contributed by atoms with Crippen LogP contribution in [0.15, 0.2) is 17.3 Å². The number of carbonyl (C=O) groups is 1. The first-order valence-electron chi connectivity index (χ1n) is 5.65. The molecule has 0 aliphatic rings. The van der Waals surface area contributed by atoms with Crippen LogP contribution in [0.1, 0.15) is 34.7 Å². The number of ketones is 1. The predicted octanol–water partition coefficient (Wildman–Crippen LogP) is 2.31. The van der Waals surface area contributed by atoms with Crippen LogP contribution in [0.25, 0.3) is 6.08 Å². The second-order valence-corrected chi connectivity index (χ2v) is 4.33. The molecule has 4 heteroatoms. The lowest BCUT2D eigenvalue weighted by molar-refractivity contribution is -0.112. The van der Waals surface area contributed by atoms with Crippen LogP contribution in [-0.4, -0.2) is 16.8 Å². The molecular formula is C14H18N2O2. The van der Waals surface area contributed by atoms with Gasteiger partial charge in [0, 0.05) is 5.56 Å². The third-order valence-electron chi connectivity index (χ3n) is 3.02. The van der Waals surface area contributed by atoms with Crippen molar-refractivity contribution in [2.45, 2.75) is 27.7 Å². The van der Waals surface area contributed by atoms with E-state index in [4.69, 9.17) is 10.9 Å². The predicted molar refractivity (Wildman–Crippen MR) is 72.9 cm³/mol. The molecule has 1 rings (SSSR count). The van der Waals surface area contributed by atoms with Crippen LogP contribution in [0.4, 0.5) is 0 Å². The molecule has 0 unspecified atom stereocenters. The van der Waals surface area contributed by atoms with Crippen molar-refractivity contribution in [2.24, 2.45) is 10.9 Å². The van der Waals surface area contributed by atoms with E-state index < -0.39 is 0 Å². The highest BCUT2D eigenvalue weighted by Crippen LogP contribution is 2.23. The minimum absolute atomic E-state index is 0.00645. The number of nitrogens with two attached hydrogens (primary N) is 1. The van der Waals surface area contributed by atoms with Gasteiger partial charge in [0.1, 0.15) is 0 Å². The van der Waals surface area contributed by atoms with Gasteiger partial charge in [0.25, 0.3) is 0 Å². The third-order valence-corrected chi connectivity index (χ3v) is 3.02. The van der Waals surface area contributed by atoms with Crippen LogP contribution in [-0.2, 0) is 4.79 Å². The fraction of sp³-hybridized carbons (Fsp3) is 0.286. The van der Waals surface area contributed by atoms with Gasteiger partial charge in [-0.1, -0.05) is 11.2 Å². The van der Waals surface area contributed by atoms with Gasteiger partial charge in [-0.05, 0) is 62.1 Å². The van der Waals surface area contributed by atoms with E-state index in [9.17, 15) is 4.79 Å². The molecule has 0 saturated heterocycles. The van der Waals surface area contributed by atoms with Crippen LogP contribution in [0, 0.1) is 20.8 Å². The number of rotatable bonds is 3. The first-order chi connectivity index (χ1) is 8.38. The molecule has 0 bridgehead atoms. The summed E-state index contributed by atoms with van der Waals surface area (Å²) in [5, 5.41) is 11.8. The molecule has 0 spiro atoms. The second-order valence-electron chi connectivity index (χ2n) is 4.33. The molecule has 0 atom stereocenters. The maximum Gasteiger partial charge on any atom is 0.170 e. The van der Waals surface area contributed by atoms with Crippen LogP contribution in [0.2, 0.25) is 0 Å². The Labute approximate surface area is 107 Å². The van der Waals surface area contributed by atoms with E-state index in [1.54, 1.807) is 6.08 Å². The molecule has 0 radical (unpaired) electrons. The number of allylic oxidation sites excluding steroid dienone is 1. The van der Waals surface area contributed by atoms with E-state index in [0.29, 0.717) is 5.56 Å². The molecule has 0 amide bonds. The molecule has 0 heterocycles. The Kier molecular flexibility index (Phi) is 4.26. The highest BCUT2D eigenvalue weighted by atomic mass is 16.4. The molecule has 1 aromatic rings. The molecule has 0 aliphatic heterocycles. The number of nitrogens with zero attached hydrogens (tertiary/aromatic N) is 1. The van der Waals surface area contributed by atoms with Gasteiger partial charge < -0.3 is 10.9 Å². The van der Waals surface area contributed by atoms with Gasteiger partial charge in [-0.25, -0.2) is 0 Å². The van der Waals surface area contributed by atoms with Crippen molar-refractivity contribution in [2.75, 3.05) is 0 Å². The summed E-state index contributed by atoms with van der Waals surface area (Å²) in [7, 11) is 0. The third kappa shape index (κ3) is 2.77. The molecule has 18 heavy (non-hydrogen) atoms. The van der Waals surface area contributed by atoms with E-state index in [1.807, 2.05) is 26.8 Å². The Bertz CT molecular complexity index is 543. The first kappa shape index (κ1) is 14.0. The van der Waals surface area contributed by atoms with E-state index in [1.165, 1.54) is 13.0 Å². The topological polar surface area (TPSA) is 75.7 Å². The van der Waals surface area contributed by atoms with Crippen LogP contribution >= 0.6 is 0 Å². The van der Waals surface area contributed by atoms with Crippen molar-refractivity contribution in [3.8, 4) is 0 Å². The average Bonchev–Trinajstić information content (AvgIpc) is 2.32. The number of hydrogen-bond donors (Lipinski definition) is 2. The number of amidine groups is 1. The van der Waals surface area contributed by atoms with Crippen LogP contribution < -0.4 is 5.73 Å². The highest BCUT2D eigenvalue weighted by molar-refractivity contribution is 5.99. The lowest BCUT2D eigenvalue weighted by Crippen LogP contribution is -2.16. The van der Waals surface area contributed by atoms with Gasteiger partial charge in [0.2, 0.25) is 0 Å². The molecule has 0 aliphatic carbocycles. The molecule has 0 aromatic heterocycles. The fourth-order valence-corrected chi connectivity index (χ4v) is 1.88. The van der Waals surface area contributed by atoms with Crippen molar-refractivity contribution in [1.82, 2.24) is 0 Å². The number of hydrogen-bond acceptors (Lipinski definition) is 3. The average molecular weight is 246 g/mol. The summed E-state index contributed by atoms with van der Waals surface area (Å²) in [4.78, 5) is 11.0. The van der Waals surface area contributed by atoms with Gasteiger partial charge in [-0.15, -0.1) is 0 Å². The SMILES string of the molecule is CC(=O)/C=C/c1c(C)cc(/C(N)=N/O)c(C)c1C. The van der Waals surface area contributed by atoms with Crippen molar-refractivity contribution in [1.29, 1.82) is 0 Å². The molecule has 1 aromatic carbocycles. The maximum atomic E-state index is 11.0. The van der Waals surface area contributed by atoms with Crippen molar-refractivity contribution in [3.05, 3.63) is 40.0 Å². The molecule has 3 N–H and O–H groups in total. The van der Waals surface area contributed by atoms with Gasteiger partial charge in [0.05, 0.1) is 0 Å². The second kappa shape index (κ2) is 5.49. The first-order valence-corrected chi connectivity index (χ1v) is 5.65. The normalized spacial score (nSPS) is 12.1. The monoisotopic (exact) mass is 246 g/mol.